The topological polar surface area (TPSA) is 47.4 Å². The second-order valence-electron chi connectivity index (χ2n) is 5.92. The number of carbonyl (C=O) groups is 1. The lowest BCUT2D eigenvalue weighted by molar-refractivity contribution is -0.140. The lowest BCUT2D eigenvalue weighted by Crippen LogP contribution is -2.47. The highest BCUT2D eigenvalue weighted by molar-refractivity contribution is 5.77. The Morgan fingerprint density at radius 3 is 2.95 bits per heavy atom. The molecule has 110 valence electrons. The Balaban J connectivity index is 1.51. The van der Waals surface area contributed by atoms with Crippen molar-refractivity contribution < 1.29 is 9.53 Å². The van der Waals surface area contributed by atoms with E-state index < -0.39 is 0 Å². The average Bonchev–Trinajstić information content (AvgIpc) is 3.14. The van der Waals surface area contributed by atoms with Crippen molar-refractivity contribution in [2.45, 2.75) is 44.7 Å². The van der Waals surface area contributed by atoms with E-state index in [4.69, 9.17) is 4.74 Å². The highest BCUT2D eigenvalue weighted by atomic mass is 16.5. The zero-order valence-corrected chi connectivity index (χ0v) is 11.9. The largest absolute Gasteiger partial charge is 0.371 e. The Labute approximate surface area is 119 Å². The zero-order valence-electron chi connectivity index (χ0n) is 11.9. The van der Waals surface area contributed by atoms with Gasteiger partial charge >= 0.3 is 0 Å². The van der Waals surface area contributed by atoms with E-state index in [1.54, 1.807) is 6.20 Å². The summed E-state index contributed by atoms with van der Waals surface area (Å²) in [5.41, 5.74) is 0. The Kier molecular flexibility index (Phi) is 4.35. The first-order valence-corrected chi connectivity index (χ1v) is 7.67. The first-order valence-electron chi connectivity index (χ1n) is 7.67. The van der Waals surface area contributed by atoms with Crippen molar-refractivity contribution in [3.63, 3.8) is 0 Å². The molecule has 0 spiro atoms. The zero-order chi connectivity index (χ0) is 13.8. The molecule has 0 radical (unpaired) electrons. The lowest BCUT2D eigenvalue weighted by atomic mass is 10.0. The number of rotatable bonds is 6. The average molecular weight is 277 g/mol. The normalized spacial score (nSPS) is 23.0. The smallest absolute Gasteiger partial charge is 0.248 e. The molecule has 1 aliphatic carbocycles. The van der Waals surface area contributed by atoms with Gasteiger partial charge in [-0.25, -0.2) is 0 Å². The molecular formula is C15H23N3O2. The van der Waals surface area contributed by atoms with Gasteiger partial charge in [-0.05, 0) is 44.1 Å². The maximum absolute atomic E-state index is 12.3. The molecule has 0 N–H and O–H groups in total. The van der Waals surface area contributed by atoms with E-state index in [9.17, 15) is 4.79 Å². The van der Waals surface area contributed by atoms with Crippen molar-refractivity contribution in [2.24, 2.45) is 5.92 Å². The van der Waals surface area contributed by atoms with Gasteiger partial charge in [0.15, 0.2) is 0 Å². The molecule has 5 heteroatoms. The molecule has 1 saturated carbocycles. The molecular weight excluding hydrogens is 254 g/mol. The van der Waals surface area contributed by atoms with Crippen LogP contribution in [-0.4, -0.2) is 46.4 Å². The predicted molar refractivity (Wildman–Crippen MR) is 75.1 cm³/mol. The molecule has 2 aliphatic rings. The van der Waals surface area contributed by atoms with Gasteiger partial charge in [-0.15, -0.1) is 0 Å². The molecule has 1 saturated heterocycles. The summed E-state index contributed by atoms with van der Waals surface area (Å²) in [6, 6.07) is 2.19. The molecule has 1 aromatic rings. The summed E-state index contributed by atoms with van der Waals surface area (Å²) >= 11 is 0. The van der Waals surface area contributed by atoms with Crippen molar-refractivity contribution in [3.05, 3.63) is 18.5 Å². The first kappa shape index (κ1) is 13.6. The number of ether oxygens (including phenoxy) is 1. The lowest BCUT2D eigenvalue weighted by Gasteiger charge is -2.35. The number of likely N-dealkylation sites (tertiary alicyclic amines) is 1. The number of piperidine rings is 1. The van der Waals surface area contributed by atoms with Gasteiger partial charge in [-0.2, -0.15) is 5.10 Å². The van der Waals surface area contributed by atoms with E-state index in [0.717, 1.165) is 32.5 Å². The molecule has 3 rings (SSSR count). The Morgan fingerprint density at radius 1 is 1.30 bits per heavy atom. The van der Waals surface area contributed by atoms with Crippen LogP contribution in [0.25, 0.3) is 0 Å². The van der Waals surface area contributed by atoms with Gasteiger partial charge in [-0.1, -0.05) is 0 Å². The first-order chi connectivity index (χ1) is 9.83. The standard InChI is InChI=1S/C15H23N3O2/c19-15(12-20-11-13-5-6-13)18-9-2-1-4-14(18)10-17-8-3-7-16-17/h3,7-8,13-14H,1-2,4-6,9-12H2/t14-/m1/s1. The molecule has 0 aromatic carbocycles. The van der Waals surface area contributed by atoms with E-state index in [1.165, 1.54) is 19.3 Å². The maximum atomic E-state index is 12.3. The fraction of sp³-hybridized carbons (Fsp3) is 0.733. The number of carbonyl (C=O) groups excluding carboxylic acids is 1. The summed E-state index contributed by atoms with van der Waals surface area (Å²) in [7, 11) is 0. The highest BCUT2D eigenvalue weighted by Gasteiger charge is 2.28. The van der Waals surface area contributed by atoms with Gasteiger partial charge in [0.25, 0.3) is 0 Å². The van der Waals surface area contributed by atoms with Crippen LogP contribution in [0, 0.1) is 5.92 Å². The SMILES string of the molecule is O=C(COCC1CC1)N1CCCC[C@@H]1Cn1cccn1. The van der Waals surface area contributed by atoms with Gasteiger partial charge in [0.05, 0.1) is 19.2 Å². The number of amides is 1. The third kappa shape index (κ3) is 3.60. The second-order valence-corrected chi connectivity index (χ2v) is 5.92. The number of hydrogen-bond acceptors (Lipinski definition) is 3. The minimum absolute atomic E-state index is 0.141. The van der Waals surface area contributed by atoms with Crippen LogP contribution >= 0.6 is 0 Å². The van der Waals surface area contributed by atoms with Crippen LogP contribution in [0.4, 0.5) is 0 Å². The molecule has 1 atom stereocenters. The van der Waals surface area contributed by atoms with Crippen molar-refractivity contribution in [1.82, 2.24) is 14.7 Å². The van der Waals surface area contributed by atoms with Gasteiger partial charge in [0.1, 0.15) is 6.61 Å². The van der Waals surface area contributed by atoms with E-state index in [0.29, 0.717) is 5.92 Å². The minimum atomic E-state index is 0.141. The summed E-state index contributed by atoms with van der Waals surface area (Å²) in [6.07, 6.45) is 9.63. The van der Waals surface area contributed by atoms with E-state index >= 15 is 0 Å². The van der Waals surface area contributed by atoms with E-state index in [1.807, 2.05) is 21.8 Å². The molecule has 5 nitrogen and oxygen atoms in total. The van der Waals surface area contributed by atoms with Crippen molar-refractivity contribution >= 4 is 5.91 Å². The van der Waals surface area contributed by atoms with Crippen LogP contribution in [0.1, 0.15) is 32.1 Å². The van der Waals surface area contributed by atoms with Crippen molar-refractivity contribution in [3.8, 4) is 0 Å². The third-order valence-corrected chi connectivity index (χ3v) is 4.18. The number of hydrogen-bond donors (Lipinski definition) is 0. The van der Waals surface area contributed by atoms with Crippen LogP contribution in [0.15, 0.2) is 18.5 Å². The van der Waals surface area contributed by atoms with Crippen molar-refractivity contribution in [1.29, 1.82) is 0 Å². The molecule has 1 amide bonds. The number of aromatic nitrogens is 2. The van der Waals surface area contributed by atoms with Gasteiger partial charge in [0, 0.05) is 18.9 Å². The molecule has 2 fully saturated rings. The van der Waals surface area contributed by atoms with Gasteiger partial charge in [-0.3, -0.25) is 9.48 Å². The minimum Gasteiger partial charge on any atom is -0.371 e. The Bertz CT molecular complexity index is 428. The third-order valence-electron chi connectivity index (χ3n) is 4.18. The van der Waals surface area contributed by atoms with E-state index in [-0.39, 0.29) is 18.6 Å². The number of nitrogens with zero attached hydrogens (tertiary/aromatic N) is 3. The molecule has 1 aromatic heterocycles. The van der Waals surface area contributed by atoms with Crippen LogP contribution in [0.5, 0.6) is 0 Å². The summed E-state index contributed by atoms with van der Waals surface area (Å²) in [5, 5.41) is 4.25. The fourth-order valence-electron chi connectivity index (χ4n) is 2.82. The summed E-state index contributed by atoms with van der Waals surface area (Å²) in [5.74, 6) is 0.853. The molecule has 0 bridgehead atoms. The predicted octanol–water partition coefficient (Wildman–Crippen LogP) is 1.69. The van der Waals surface area contributed by atoms with Crippen LogP contribution in [-0.2, 0) is 16.1 Å². The maximum Gasteiger partial charge on any atom is 0.248 e. The van der Waals surface area contributed by atoms with Crippen molar-refractivity contribution in [2.75, 3.05) is 19.8 Å². The Morgan fingerprint density at radius 2 is 2.20 bits per heavy atom. The Hall–Kier alpha value is -1.36. The van der Waals surface area contributed by atoms with Crippen LogP contribution in [0.2, 0.25) is 0 Å². The van der Waals surface area contributed by atoms with Crippen LogP contribution in [0.3, 0.4) is 0 Å². The van der Waals surface area contributed by atoms with Gasteiger partial charge in [0.2, 0.25) is 5.91 Å². The van der Waals surface area contributed by atoms with Gasteiger partial charge < -0.3 is 9.64 Å². The summed E-state index contributed by atoms with van der Waals surface area (Å²) < 4.78 is 7.46. The fourth-order valence-corrected chi connectivity index (χ4v) is 2.82. The molecule has 20 heavy (non-hydrogen) atoms. The van der Waals surface area contributed by atoms with Crippen LogP contribution < -0.4 is 0 Å². The molecule has 2 heterocycles. The summed E-state index contributed by atoms with van der Waals surface area (Å²) in [6.45, 7) is 2.65. The highest BCUT2D eigenvalue weighted by Crippen LogP contribution is 2.28. The molecule has 1 aliphatic heterocycles. The monoisotopic (exact) mass is 277 g/mol. The quantitative estimate of drug-likeness (QED) is 0.795. The second kappa shape index (κ2) is 6.39. The van der Waals surface area contributed by atoms with E-state index in [2.05, 4.69) is 5.10 Å². The molecule has 0 unspecified atom stereocenters. The summed E-state index contributed by atoms with van der Waals surface area (Å²) in [4.78, 5) is 14.3.